The molecule has 1 aromatic carbocycles. The molecule has 20 heavy (non-hydrogen) atoms. The summed E-state index contributed by atoms with van der Waals surface area (Å²) >= 11 is 6.01. The first-order valence-corrected chi connectivity index (χ1v) is 6.77. The molecule has 0 fully saturated rings. The minimum atomic E-state index is -0.808. The standard InChI is InChI=1S/C15H14ClNO3/c16-11-3-4-13-10(6-11)7-17(9-14(13)15(18)19)8-12-2-1-5-20-12/h1-6,14H,7-9H2,(H,18,19). The molecule has 1 aliphatic rings. The molecule has 0 bridgehead atoms. The van der Waals surface area contributed by atoms with Crippen LogP contribution in [0.5, 0.6) is 0 Å². The van der Waals surface area contributed by atoms with Crippen LogP contribution in [0.25, 0.3) is 0 Å². The highest BCUT2D eigenvalue weighted by Crippen LogP contribution is 2.31. The monoisotopic (exact) mass is 291 g/mol. The van der Waals surface area contributed by atoms with E-state index in [4.69, 9.17) is 16.0 Å². The zero-order valence-corrected chi connectivity index (χ0v) is 11.5. The number of carboxylic acids is 1. The third kappa shape index (κ3) is 2.57. The second-order valence-electron chi connectivity index (χ2n) is 4.98. The molecule has 2 heterocycles. The molecule has 1 aliphatic heterocycles. The molecule has 0 aliphatic carbocycles. The highest BCUT2D eigenvalue weighted by atomic mass is 35.5. The molecule has 0 saturated carbocycles. The Kier molecular flexibility index (Phi) is 3.51. The van der Waals surface area contributed by atoms with Crippen molar-refractivity contribution in [3.8, 4) is 0 Å². The predicted octanol–water partition coefficient (Wildman–Crippen LogP) is 3.12. The fourth-order valence-corrected chi connectivity index (χ4v) is 2.86. The van der Waals surface area contributed by atoms with Crippen LogP contribution in [-0.4, -0.2) is 22.5 Å². The van der Waals surface area contributed by atoms with Crippen molar-refractivity contribution in [2.75, 3.05) is 6.54 Å². The van der Waals surface area contributed by atoms with Crippen LogP contribution in [0, 0.1) is 0 Å². The summed E-state index contributed by atoms with van der Waals surface area (Å²) in [6.45, 7) is 1.76. The average Bonchev–Trinajstić information content (AvgIpc) is 2.90. The van der Waals surface area contributed by atoms with Gasteiger partial charge in [-0.3, -0.25) is 9.69 Å². The van der Waals surface area contributed by atoms with Gasteiger partial charge < -0.3 is 9.52 Å². The van der Waals surface area contributed by atoms with Crippen LogP contribution < -0.4 is 0 Å². The number of rotatable bonds is 3. The van der Waals surface area contributed by atoms with Gasteiger partial charge in [0, 0.05) is 18.1 Å². The summed E-state index contributed by atoms with van der Waals surface area (Å²) in [5.41, 5.74) is 1.83. The Morgan fingerprint density at radius 3 is 3.00 bits per heavy atom. The summed E-state index contributed by atoms with van der Waals surface area (Å²) in [6.07, 6.45) is 1.62. The second-order valence-corrected chi connectivity index (χ2v) is 5.42. The lowest BCUT2D eigenvalue weighted by Crippen LogP contribution is -2.36. The van der Waals surface area contributed by atoms with Crippen LogP contribution in [0.15, 0.2) is 41.0 Å². The van der Waals surface area contributed by atoms with E-state index in [9.17, 15) is 9.90 Å². The van der Waals surface area contributed by atoms with Crippen LogP contribution >= 0.6 is 11.6 Å². The van der Waals surface area contributed by atoms with E-state index >= 15 is 0 Å². The van der Waals surface area contributed by atoms with Crippen LogP contribution in [0.3, 0.4) is 0 Å². The van der Waals surface area contributed by atoms with Gasteiger partial charge in [0.25, 0.3) is 0 Å². The zero-order valence-electron chi connectivity index (χ0n) is 10.8. The van der Waals surface area contributed by atoms with Crippen LogP contribution in [-0.2, 0) is 17.9 Å². The van der Waals surface area contributed by atoms with E-state index in [1.165, 1.54) is 0 Å². The van der Waals surface area contributed by atoms with E-state index in [0.717, 1.165) is 16.9 Å². The molecule has 0 saturated heterocycles. The smallest absolute Gasteiger partial charge is 0.312 e. The number of benzene rings is 1. The van der Waals surface area contributed by atoms with Gasteiger partial charge in [-0.15, -0.1) is 0 Å². The van der Waals surface area contributed by atoms with Gasteiger partial charge >= 0.3 is 5.97 Å². The maximum Gasteiger partial charge on any atom is 0.312 e. The summed E-state index contributed by atoms with van der Waals surface area (Å²) < 4.78 is 5.33. The van der Waals surface area contributed by atoms with Gasteiger partial charge in [0.15, 0.2) is 0 Å². The minimum absolute atomic E-state index is 0.477. The van der Waals surface area contributed by atoms with Crippen LogP contribution in [0.2, 0.25) is 5.02 Å². The van der Waals surface area contributed by atoms with Crippen LogP contribution in [0.4, 0.5) is 0 Å². The summed E-state index contributed by atoms with van der Waals surface area (Å²) in [5, 5.41) is 10.0. The van der Waals surface area contributed by atoms with Crippen molar-refractivity contribution in [2.45, 2.75) is 19.0 Å². The third-order valence-corrected chi connectivity index (χ3v) is 3.81. The number of nitrogens with zero attached hydrogens (tertiary/aromatic N) is 1. The van der Waals surface area contributed by atoms with Crippen LogP contribution in [0.1, 0.15) is 22.8 Å². The molecule has 2 aromatic rings. The molecule has 1 N–H and O–H groups in total. The highest BCUT2D eigenvalue weighted by molar-refractivity contribution is 6.30. The van der Waals surface area contributed by atoms with Gasteiger partial charge in [-0.05, 0) is 35.4 Å². The van der Waals surface area contributed by atoms with Gasteiger partial charge in [-0.1, -0.05) is 17.7 Å². The summed E-state index contributed by atoms with van der Waals surface area (Å²) in [6, 6.07) is 9.14. The quantitative estimate of drug-likeness (QED) is 0.944. The lowest BCUT2D eigenvalue weighted by Gasteiger charge is -2.32. The molecule has 1 unspecified atom stereocenters. The fraction of sp³-hybridized carbons (Fsp3) is 0.267. The van der Waals surface area contributed by atoms with Crippen molar-refractivity contribution < 1.29 is 14.3 Å². The molecule has 104 valence electrons. The van der Waals surface area contributed by atoms with Gasteiger partial charge in [0.2, 0.25) is 0 Å². The normalized spacial score (nSPS) is 18.8. The Bertz CT molecular complexity index is 624. The maximum absolute atomic E-state index is 11.5. The molecule has 0 radical (unpaired) electrons. The molecule has 0 amide bonds. The third-order valence-electron chi connectivity index (χ3n) is 3.57. The van der Waals surface area contributed by atoms with Gasteiger partial charge in [-0.2, -0.15) is 0 Å². The number of carbonyl (C=O) groups is 1. The molecule has 4 nitrogen and oxygen atoms in total. The molecule has 3 rings (SSSR count). The average molecular weight is 292 g/mol. The Morgan fingerprint density at radius 2 is 2.30 bits per heavy atom. The number of halogens is 1. The second kappa shape index (κ2) is 5.31. The molecule has 0 spiro atoms. The van der Waals surface area contributed by atoms with E-state index in [-0.39, 0.29) is 0 Å². The number of fused-ring (bicyclic) bond motifs is 1. The lowest BCUT2D eigenvalue weighted by molar-refractivity contribution is -0.139. The Labute approximate surface area is 121 Å². The number of hydrogen-bond acceptors (Lipinski definition) is 3. The first-order valence-electron chi connectivity index (χ1n) is 6.39. The van der Waals surface area contributed by atoms with Crippen molar-refractivity contribution >= 4 is 17.6 Å². The largest absolute Gasteiger partial charge is 0.481 e. The summed E-state index contributed by atoms with van der Waals surface area (Å²) in [7, 11) is 0. The van der Waals surface area contributed by atoms with E-state index in [1.54, 1.807) is 12.3 Å². The van der Waals surface area contributed by atoms with E-state index < -0.39 is 11.9 Å². The predicted molar refractivity (Wildman–Crippen MR) is 74.7 cm³/mol. The summed E-state index contributed by atoms with van der Waals surface area (Å²) in [5.74, 6) is -0.497. The van der Waals surface area contributed by atoms with Gasteiger partial charge in [0.05, 0.1) is 18.7 Å². The number of carboxylic acid groups (broad SMARTS) is 1. The number of aliphatic carboxylic acids is 1. The highest BCUT2D eigenvalue weighted by Gasteiger charge is 2.30. The fourth-order valence-electron chi connectivity index (χ4n) is 2.67. The van der Waals surface area contributed by atoms with Crippen molar-refractivity contribution in [3.63, 3.8) is 0 Å². The molecule has 1 atom stereocenters. The van der Waals surface area contributed by atoms with Crippen molar-refractivity contribution in [1.29, 1.82) is 0 Å². The molecular formula is C15H14ClNO3. The maximum atomic E-state index is 11.5. The van der Waals surface area contributed by atoms with Gasteiger partial charge in [-0.25, -0.2) is 0 Å². The molecule has 1 aromatic heterocycles. The molecular weight excluding hydrogens is 278 g/mol. The number of hydrogen-bond donors (Lipinski definition) is 1. The molecule has 5 heteroatoms. The Morgan fingerprint density at radius 1 is 1.45 bits per heavy atom. The zero-order chi connectivity index (χ0) is 14.1. The first kappa shape index (κ1) is 13.2. The Hall–Kier alpha value is -1.78. The van der Waals surface area contributed by atoms with E-state index in [0.29, 0.717) is 24.7 Å². The minimum Gasteiger partial charge on any atom is -0.481 e. The van der Waals surface area contributed by atoms with E-state index in [1.807, 2.05) is 24.3 Å². The summed E-state index contributed by atoms with van der Waals surface area (Å²) in [4.78, 5) is 13.5. The SMILES string of the molecule is O=C(O)C1CN(Cc2ccco2)Cc2cc(Cl)ccc21. The van der Waals surface area contributed by atoms with Crippen molar-refractivity contribution in [2.24, 2.45) is 0 Å². The number of furan rings is 1. The first-order chi connectivity index (χ1) is 9.63. The topological polar surface area (TPSA) is 53.7 Å². The van der Waals surface area contributed by atoms with E-state index in [2.05, 4.69) is 4.90 Å². The van der Waals surface area contributed by atoms with Crippen molar-refractivity contribution in [1.82, 2.24) is 4.90 Å². The Balaban J connectivity index is 1.89. The van der Waals surface area contributed by atoms with Crippen molar-refractivity contribution in [3.05, 3.63) is 58.5 Å². The van der Waals surface area contributed by atoms with Gasteiger partial charge in [0.1, 0.15) is 5.76 Å². The lowest BCUT2D eigenvalue weighted by atomic mass is 9.90.